The molecule has 0 aliphatic carbocycles. The second kappa shape index (κ2) is 8.67. The molecule has 126 valence electrons. The number of rotatable bonds is 6. The van der Waals surface area contributed by atoms with Crippen LogP contribution in [-0.4, -0.2) is 29.9 Å². The molecule has 0 radical (unpaired) electrons. The number of nitrogens with one attached hydrogen (secondary N) is 2. The lowest BCUT2D eigenvalue weighted by Crippen LogP contribution is -2.40. The Labute approximate surface area is 141 Å². The molecule has 6 heteroatoms. The van der Waals surface area contributed by atoms with Gasteiger partial charge in [0.05, 0.1) is 19.0 Å². The molecule has 0 unspecified atom stereocenters. The third kappa shape index (κ3) is 5.39. The smallest absolute Gasteiger partial charge is 0.313 e. The van der Waals surface area contributed by atoms with E-state index in [1.165, 1.54) is 18.9 Å². The third-order valence-electron chi connectivity index (χ3n) is 3.50. The van der Waals surface area contributed by atoms with Crippen LogP contribution in [0, 0.1) is 0 Å². The Kier molecular flexibility index (Phi) is 6.31. The highest BCUT2D eigenvalue weighted by Gasteiger charge is 2.16. The summed E-state index contributed by atoms with van der Waals surface area (Å²) in [5.74, 6) is -0.938. The number of benzene rings is 1. The Morgan fingerprint density at radius 3 is 2.50 bits per heavy atom. The third-order valence-corrected chi connectivity index (χ3v) is 3.50. The minimum Gasteiger partial charge on any atom is -0.481 e. The van der Waals surface area contributed by atoms with Crippen molar-refractivity contribution in [2.24, 2.45) is 0 Å². The van der Waals surface area contributed by atoms with Gasteiger partial charge in [0.15, 0.2) is 0 Å². The number of amides is 2. The van der Waals surface area contributed by atoms with Crippen LogP contribution < -0.4 is 15.4 Å². The molecular weight excluding hydrogens is 306 g/mol. The van der Waals surface area contributed by atoms with Crippen molar-refractivity contribution in [1.29, 1.82) is 0 Å². The van der Waals surface area contributed by atoms with Gasteiger partial charge in [0, 0.05) is 12.1 Å². The van der Waals surface area contributed by atoms with E-state index in [1.807, 2.05) is 37.3 Å². The van der Waals surface area contributed by atoms with Crippen LogP contribution in [0.5, 0.6) is 5.88 Å². The van der Waals surface area contributed by atoms with Gasteiger partial charge in [-0.15, -0.1) is 0 Å². The average molecular weight is 327 g/mol. The van der Waals surface area contributed by atoms with Gasteiger partial charge in [-0.3, -0.25) is 9.59 Å². The largest absolute Gasteiger partial charge is 0.481 e. The molecule has 1 atom stereocenters. The number of carbonyl (C=O) groups is 2. The van der Waals surface area contributed by atoms with Crippen molar-refractivity contribution < 1.29 is 14.3 Å². The maximum Gasteiger partial charge on any atom is 0.313 e. The molecule has 0 aliphatic heterocycles. The van der Waals surface area contributed by atoms with E-state index >= 15 is 0 Å². The molecule has 0 bridgehead atoms. The molecule has 1 aromatic heterocycles. The van der Waals surface area contributed by atoms with Crippen LogP contribution >= 0.6 is 0 Å². The van der Waals surface area contributed by atoms with Gasteiger partial charge in [-0.05, 0) is 31.4 Å². The van der Waals surface area contributed by atoms with Crippen molar-refractivity contribution >= 4 is 17.5 Å². The first-order valence-corrected chi connectivity index (χ1v) is 7.74. The van der Waals surface area contributed by atoms with Crippen molar-refractivity contribution in [2.75, 3.05) is 12.4 Å². The number of ether oxygens (including phenoxy) is 1. The highest BCUT2D eigenvalue weighted by atomic mass is 16.5. The van der Waals surface area contributed by atoms with E-state index < -0.39 is 11.8 Å². The van der Waals surface area contributed by atoms with Crippen molar-refractivity contribution in [2.45, 2.75) is 25.8 Å². The van der Waals surface area contributed by atoms with Crippen LogP contribution in [0.15, 0.2) is 48.7 Å². The van der Waals surface area contributed by atoms with E-state index in [1.54, 1.807) is 12.1 Å². The zero-order valence-electron chi connectivity index (χ0n) is 13.8. The summed E-state index contributed by atoms with van der Waals surface area (Å²) in [6.07, 6.45) is 3.03. The monoisotopic (exact) mass is 327 g/mol. The minimum absolute atomic E-state index is 0.0996. The molecule has 2 N–H and O–H groups in total. The molecule has 0 saturated carbocycles. The van der Waals surface area contributed by atoms with Gasteiger partial charge in [-0.25, -0.2) is 4.98 Å². The van der Waals surface area contributed by atoms with E-state index in [2.05, 4.69) is 15.6 Å². The fourth-order valence-corrected chi connectivity index (χ4v) is 2.15. The van der Waals surface area contributed by atoms with Gasteiger partial charge >= 0.3 is 11.8 Å². The molecule has 2 amide bonds. The fourth-order valence-electron chi connectivity index (χ4n) is 2.15. The molecule has 1 aromatic carbocycles. The van der Waals surface area contributed by atoms with E-state index in [-0.39, 0.29) is 6.04 Å². The highest BCUT2D eigenvalue weighted by molar-refractivity contribution is 6.39. The van der Waals surface area contributed by atoms with Gasteiger partial charge in [-0.2, -0.15) is 0 Å². The van der Waals surface area contributed by atoms with Crippen molar-refractivity contribution in [3.05, 3.63) is 54.2 Å². The summed E-state index contributed by atoms with van der Waals surface area (Å²) in [7, 11) is 1.50. The standard InChI is InChI=1S/C18H21N3O3/c1-13(8-9-14-6-4-3-5-7-14)20-17(22)18(23)21-15-10-11-16(24-2)19-12-15/h3-7,10-13H,8-9H2,1-2H3,(H,20,22)(H,21,23)/t13-/m1/s1. The van der Waals surface area contributed by atoms with E-state index in [9.17, 15) is 9.59 Å². The van der Waals surface area contributed by atoms with E-state index in [0.717, 1.165) is 12.8 Å². The molecule has 2 aromatic rings. The number of aryl methyl sites for hydroxylation is 1. The molecule has 0 saturated heterocycles. The normalized spacial score (nSPS) is 11.4. The number of carbonyl (C=O) groups excluding carboxylic acids is 2. The van der Waals surface area contributed by atoms with Gasteiger partial charge in [0.2, 0.25) is 5.88 Å². The summed E-state index contributed by atoms with van der Waals surface area (Å²) in [4.78, 5) is 27.8. The van der Waals surface area contributed by atoms with Crippen molar-refractivity contribution in [3.63, 3.8) is 0 Å². The number of pyridine rings is 1. The molecule has 1 heterocycles. The van der Waals surface area contributed by atoms with Crippen molar-refractivity contribution in [3.8, 4) is 5.88 Å². The van der Waals surface area contributed by atoms with Crippen LogP contribution in [-0.2, 0) is 16.0 Å². The Morgan fingerprint density at radius 1 is 1.12 bits per heavy atom. The summed E-state index contributed by atoms with van der Waals surface area (Å²) < 4.78 is 4.93. The molecule has 6 nitrogen and oxygen atoms in total. The predicted octanol–water partition coefficient (Wildman–Crippen LogP) is 2.17. The Balaban J connectivity index is 1.78. The molecule has 2 rings (SSSR count). The van der Waals surface area contributed by atoms with Gasteiger partial charge in [0.25, 0.3) is 0 Å². The summed E-state index contributed by atoms with van der Waals surface area (Å²) in [6.45, 7) is 1.88. The van der Waals surface area contributed by atoms with Crippen LogP contribution in [0.25, 0.3) is 0 Å². The maximum absolute atomic E-state index is 11.9. The van der Waals surface area contributed by atoms with Crippen LogP contribution in [0.3, 0.4) is 0 Å². The lowest BCUT2D eigenvalue weighted by molar-refractivity contribution is -0.136. The maximum atomic E-state index is 11.9. The summed E-state index contributed by atoms with van der Waals surface area (Å²) in [5, 5.41) is 5.20. The molecular formula is C18H21N3O3. The fraction of sp³-hybridized carbons (Fsp3) is 0.278. The second-order valence-corrected chi connectivity index (χ2v) is 5.44. The van der Waals surface area contributed by atoms with Crippen LogP contribution in [0.2, 0.25) is 0 Å². The van der Waals surface area contributed by atoms with E-state index in [4.69, 9.17) is 4.74 Å². The van der Waals surface area contributed by atoms with Gasteiger partial charge < -0.3 is 15.4 Å². The van der Waals surface area contributed by atoms with Gasteiger partial charge in [-0.1, -0.05) is 30.3 Å². The lowest BCUT2D eigenvalue weighted by Gasteiger charge is -2.13. The first-order valence-electron chi connectivity index (χ1n) is 7.74. The highest BCUT2D eigenvalue weighted by Crippen LogP contribution is 2.10. The number of hydrogen-bond donors (Lipinski definition) is 2. The number of methoxy groups -OCH3 is 1. The van der Waals surface area contributed by atoms with Crippen molar-refractivity contribution in [1.82, 2.24) is 10.3 Å². The second-order valence-electron chi connectivity index (χ2n) is 5.44. The lowest BCUT2D eigenvalue weighted by atomic mass is 10.1. The predicted molar refractivity (Wildman–Crippen MR) is 91.8 cm³/mol. The molecule has 0 spiro atoms. The zero-order chi connectivity index (χ0) is 17.4. The summed E-state index contributed by atoms with van der Waals surface area (Å²) in [6, 6.07) is 13.1. The van der Waals surface area contributed by atoms with E-state index in [0.29, 0.717) is 11.6 Å². The van der Waals surface area contributed by atoms with Gasteiger partial charge in [0.1, 0.15) is 0 Å². The number of aromatic nitrogens is 1. The Morgan fingerprint density at radius 2 is 1.88 bits per heavy atom. The van der Waals surface area contributed by atoms with Crippen LogP contribution in [0.1, 0.15) is 18.9 Å². The van der Waals surface area contributed by atoms with Crippen LogP contribution in [0.4, 0.5) is 5.69 Å². The topological polar surface area (TPSA) is 80.3 Å². The molecule has 24 heavy (non-hydrogen) atoms. The Bertz CT molecular complexity index is 672. The SMILES string of the molecule is COc1ccc(NC(=O)C(=O)N[C@H](C)CCc2ccccc2)cn1. The first-order chi connectivity index (χ1) is 11.6. The summed E-state index contributed by atoms with van der Waals surface area (Å²) in [5.41, 5.74) is 1.64. The quantitative estimate of drug-likeness (QED) is 0.797. The first kappa shape index (κ1) is 17.5. The molecule has 0 aliphatic rings. The minimum atomic E-state index is -0.714. The number of nitrogens with zero attached hydrogens (tertiary/aromatic N) is 1. The number of hydrogen-bond acceptors (Lipinski definition) is 4. The number of anilines is 1. The zero-order valence-corrected chi connectivity index (χ0v) is 13.8. The summed E-state index contributed by atoms with van der Waals surface area (Å²) >= 11 is 0. The Hall–Kier alpha value is -2.89. The average Bonchev–Trinajstić information content (AvgIpc) is 2.61. The molecule has 0 fully saturated rings.